The third kappa shape index (κ3) is 2.77. The molecule has 0 N–H and O–H groups in total. The predicted molar refractivity (Wildman–Crippen MR) is 66.5 cm³/mol. The van der Waals surface area contributed by atoms with Crippen molar-refractivity contribution < 1.29 is 23.7 Å². The van der Waals surface area contributed by atoms with Crippen LogP contribution in [0.4, 0.5) is 0 Å². The van der Waals surface area contributed by atoms with Crippen LogP contribution < -0.4 is 0 Å². The van der Waals surface area contributed by atoms with Gasteiger partial charge in [-0.3, -0.25) is 0 Å². The minimum absolute atomic E-state index is 0.0389. The molecule has 0 saturated carbocycles. The first-order valence-corrected chi connectivity index (χ1v) is 5.66. The maximum Gasteiger partial charge on any atom is 0.400 e. The first-order chi connectivity index (χ1) is 9.20. The van der Waals surface area contributed by atoms with E-state index in [-0.39, 0.29) is 6.61 Å². The number of methoxy groups -OCH3 is 1. The van der Waals surface area contributed by atoms with Crippen molar-refractivity contribution in [2.75, 3.05) is 13.7 Å². The molecule has 2 rings (SSSR count). The fraction of sp³-hybridized carbons (Fsp3) is 0.214. The highest BCUT2D eigenvalue weighted by Crippen LogP contribution is 2.35. The van der Waals surface area contributed by atoms with Crippen molar-refractivity contribution in [1.29, 1.82) is 0 Å². The largest absolute Gasteiger partial charge is 0.454 e. The van der Waals surface area contributed by atoms with Crippen molar-refractivity contribution in [3.63, 3.8) is 0 Å². The second kappa shape index (κ2) is 5.58. The van der Waals surface area contributed by atoms with Crippen LogP contribution >= 0.6 is 0 Å². The zero-order valence-electron chi connectivity index (χ0n) is 10.5. The Balaban J connectivity index is 2.04. The molecule has 1 aromatic rings. The molecule has 0 spiro atoms. The Labute approximate surface area is 111 Å². The third-order valence-electron chi connectivity index (χ3n) is 2.53. The predicted octanol–water partition coefficient (Wildman–Crippen LogP) is 2.06. The topological polar surface area (TPSA) is 54.0 Å². The van der Waals surface area contributed by atoms with E-state index < -0.39 is 11.9 Å². The number of benzene rings is 1. The van der Waals surface area contributed by atoms with Gasteiger partial charge in [0, 0.05) is 13.2 Å². The van der Waals surface area contributed by atoms with Gasteiger partial charge >= 0.3 is 11.9 Å². The van der Waals surface area contributed by atoms with Crippen molar-refractivity contribution in [2.45, 2.75) is 5.97 Å². The van der Waals surface area contributed by atoms with Gasteiger partial charge < -0.3 is 18.9 Å². The molecule has 1 unspecified atom stereocenters. The molecule has 0 aromatic heterocycles. The first kappa shape index (κ1) is 13.2. The minimum atomic E-state index is -1.32. The molecule has 0 saturated heterocycles. The van der Waals surface area contributed by atoms with E-state index in [9.17, 15) is 4.79 Å². The van der Waals surface area contributed by atoms with Gasteiger partial charge in [0.05, 0.1) is 5.56 Å². The summed E-state index contributed by atoms with van der Waals surface area (Å²) < 4.78 is 21.2. The number of hydrogen-bond acceptors (Lipinski definition) is 5. The number of carbonyl (C=O) groups is 1. The normalized spacial score (nSPS) is 21.0. The lowest BCUT2D eigenvalue weighted by molar-refractivity contribution is -0.326. The zero-order valence-corrected chi connectivity index (χ0v) is 10.5. The maximum atomic E-state index is 11.0. The zero-order chi connectivity index (χ0) is 13.7. The number of hydrogen-bond donors (Lipinski definition) is 0. The van der Waals surface area contributed by atoms with Crippen LogP contribution in [0.1, 0.15) is 5.56 Å². The molecule has 1 heterocycles. The highest BCUT2D eigenvalue weighted by molar-refractivity contribution is 5.81. The van der Waals surface area contributed by atoms with Crippen molar-refractivity contribution in [2.24, 2.45) is 0 Å². The third-order valence-corrected chi connectivity index (χ3v) is 2.53. The average Bonchev–Trinajstić information content (AvgIpc) is 2.90. The second-order valence-electron chi connectivity index (χ2n) is 3.74. The molecular weight excluding hydrogens is 248 g/mol. The highest BCUT2D eigenvalue weighted by atomic mass is 16.9. The Morgan fingerprint density at radius 2 is 2.16 bits per heavy atom. The van der Waals surface area contributed by atoms with Crippen LogP contribution in [0.3, 0.4) is 0 Å². The highest BCUT2D eigenvalue weighted by Gasteiger charge is 2.42. The summed E-state index contributed by atoms with van der Waals surface area (Å²) in [6.07, 6.45) is 2.45. The minimum Gasteiger partial charge on any atom is -0.454 e. The molecule has 0 aliphatic carbocycles. The van der Waals surface area contributed by atoms with Crippen LogP contribution in [-0.2, 0) is 29.7 Å². The van der Waals surface area contributed by atoms with Crippen molar-refractivity contribution in [1.82, 2.24) is 0 Å². The van der Waals surface area contributed by atoms with Gasteiger partial charge in [-0.2, -0.15) is 0 Å². The molecule has 0 fully saturated rings. The van der Waals surface area contributed by atoms with E-state index in [1.807, 2.05) is 30.3 Å². The Bertz CT molecular complexity index is 494. The number of esters is 1. The summed E-state index contributed by atoms with van der Waals surface area (Å²) >= 11 is 0. The fourth-order valence-corrected chi connectivity index (χ4v) is 1.61. The van der Waals surface area contributed by atoms with Crippen molar-refractivity contribution in [3.05, 3.63) is 60.6 Å². The number of carbonyl (C=O) groups excluding carboxylic acids is 1. The van der Waals surface area contributed by atoms with Gasteiger partial charge in [0.15, 0.2) is 12.4 Å². The summed E-state index contributed by atoms with van der Waals surface area (Å²) in [7, 11) is 1.47. The van der Waals surface area contributed by atoms with E-state index in [0.717, 1.165) is 6.08 Å². The van der Waals surface area contributed by atoms with E-state index in [4.69, 9.17) is 18.9 Å². The van der Waals surface area contributed by atoms with E-state index >= 15 is 0 Å². The van der Waals surface area contributed by atoms with Crippen LogP contribution in [-0.4, -0.2) is 19.7 Å². The lowest BCUT2D eigenvalue weighted by atomic mass is 10.2. The molecule has 0 radical (unpaired) electrons. The van der Waals surface area contributed by atoms with Crippen LogP contribution in [0.15, 0.2) is 55.0 Å². The standard InChI is InChI=1S/C14H14O5/c1-3-13(15)17-9-12-10-18-14(16-2,19-12)11-7-5-4-6-8-11/h3-8,10H,1,9H2,2H3. The van der Waals surface area contributed by atoms with Gasteiger partial charge in [-0.15, -0.1) is 0 Å². The Morgan fingerprint density at radius 1 is 1.42 bits per heavy atom. The SMILES string of the molecule is C=CC(=O)OCC1=COC(OC)(c2ccccc2)O1. The summed E-state index contributed by atoms with van der Waals surface area (Å²) in [5.41, 5.74) is 0.707. The smallest absolute Gasteiger partial charge is 0.400 e. The molecular formula is C14H14O5. The molecule has 19 heavy (non-hydrogen) atoms. The van der Waals surface area contributed by atoms with Gasteiger partial charge in [-0.05, 0) is 12.1 Å². The summed E-state index contributed by atoms with van der Waals surface area (Å²) in [6, 6.07) is 9.20. The summed E-state index contributed by atoms with van der Waals surface area (Å²) in [6.45, 7) is 3.27. The molecule has 1 aromatic carbocycles. The Kier molecular flexibility index (Phi) is 3.87. The van der Waals surface area contributed by atoms with Gasteiger partial charge in [0.1, 0.15) is 6.26 Å². The van der Waals surface area contributed by atoms with E-state index in [1.165, 1.54) is 13.4 Å². The lowest BCUT2D eigenvalue weighted by Crippen LogP contribution is -2.30. The molecule has 1 atom stereocenters. The number of rotatable bonds is 5. The monoisotopic (exact) mass is 262 g/mol. The molecule has 5 heteroatoms. The molecule has 5 nitrogen and oxygen atoms in total. The van der Waals surface area contributed by atoms with E-state index in [2.05, 4.69) is 6.58 Å². The number of ether oxygens (including phenoxy) is 4. The Hall–Kier alpha value is -2.27. The van der Waals surface area contributed by atoms with Gasteiger partial charge in [-0.25, -0.2) is 4.79 Å². The summed E-state index contributed by atoms with van der Waals surface area (Å²) in [4.78, 5) is 11.0. The van der Waals surface area contributed by atoms with Crippen LogP contribution in [0.25, 0.3) is 0 Å². The molecule has 1 aliphatic heterocycles. The van der Waals surface area contributed by atoms with Crippen LogP contribution in [0.2, 0.25) is 0 Å². The molecule has 1 aliphatic rings. The molecule has 100 valence electrons. The van der Waals surface area contributed by atoms with Crippen LogP contribution in [0, 0.1) is 0 Å². The molecule has 0 amide bonds. The van der Waals surface area contributed by atoms with E-state index in [0.29, 0.717) is 11.3 Å². The van der Waals surface area contributed by atoms with Crippen molar-refractivity contribution >= 4 is 5.97 Å². The first-order valence-electron chi connectivity index (χ1n) is 5.66. The Morgan fingerprint density at radius 3 is 2.79 bits per heavy atom. The quantitative estimate of drug-likeness (QED) is 0.600. The second-order valence-corrected chi connectivity index (χ2v) is 3.74. The fourth-order valence-electron chi connectivity index (χ4n) is 1.61. The van der Waals surface area contributed by atoms with E-state index in [1.54, 1.807) is 0 Å². The van der Waals surface area contributed by atoms with Crippen LogP contribution in [0.5, 0.6) is 0 Å². The van der Waals surface area contributed by atoms with Crippen molar-refractivity contribution in [3.8, 4) is 0 Å². The van der Waals surface area contributed by atoms with Gasteiger partial charge in [0.2, 0.25) is 0 Å². The lowest BCUT2D eigenvalue weighted by Gasteiger charge is -2.26. The van der Waals surface area contributed by atoms with Gasteiger partial charge in [-0.1, -0.05) is 24.8 Å². The average molecular weight is 262 g/mol. The summed E-state index contributed by atoms with van der Waals surface area (Å²) in [5, 5.41) is 0. The maximum absolute atomic E-state index is 11.0. The van der Waals surface area contributed by atoms with Gasteiger partial charge in [0.25, 0.3) is 0 Å². The summed E-state index contributed by atoms with van der Waals surface area (Å²) in [5.74, 6) is -1.49. The molecule has 0 bridgehead atoms.